The largest absolute Gasteiger partial charge is 0.335 e. The molecule has 1 saturated carbocycles. The van der Waals surface area contributed by atoms with Gasteiger partial charge in [0.2, 0.25) is 5.91 Å². The Balaban J connectivity index is 1.37. The number of imide groups is 1. The number of nitrogens with one attached hydrogen (secondary N) is 3. The van der Waals surface area contributed by atoms with Gasteiger partial charge in [-0.1, -0.05) is 19.3 Å². The van der Waals surface area contributed by atoms with Crippen LogP contribution < -0.4 is 16.0 Å². The van der Waals surface area contributed by atoms with Crippen molar-refractivity contribution < 1.29 is 9.59 Å². The normalized spacial score (nSPS) is 29.8. The van der Waals surface area contributed by atoms with E-state index in [2.05, 4.69) is 20.9 Å². The molecule has 2 atom stereocenters. The highest BCUT2D eigenvalue weighted by Crippen LogP contribution is 2.24. The summed E-state index contributed by atoms with van der Waals surface area (Å²) in [7, 11) is 0. The lowest BCUT2D eigenvalue weighted by atomic mass is 9.93. The number of likely N-dealkylation sites (tertiary alicyclic amines) is 1. The van der Waals surface area contributed by atoms with Gasteiger partial charge in [0.1, 0.15) is 0 Å². The van der Waals surface area contributed by atoms with E-state index in [1.165, 1.54) is 25.7 Å². The summed E-state index contributed by atoms with van der Waals surface area (Å²) in [5.41, 5.74) is 0. The molecule has 2 aliphatic heterocycles. The first-order valence-corrected chi connectivity index (χ1v) is 8.77. The number of hydrogen-bond donors (Lipinski definition) is 3. The van der Waals surface area contributed by atoms with Crippen molar-refractivity contribution in [1.82, 2.24) is 20.9 Å². The van der Waals surface area contributed by atoms with Gasteiger partial charge in [-0.15, -0.1) is 0 Å². The molecule has 0 aromatic carbocycles. The van der Waals surface area contributed by atoms with Crippen LogP contribution in [-0.2, 0) is 4.79 Å². The van der Waals surface area contributed by atoms with E-state index in [1.54, 1.807) is 0 Å². The van der Waals surface area contributed by atoms with Crippen LogP contribution in [0.15, 0.2) is 0 Å². The van der Waals surface area contributed by atoms with Gasteiger partial charge in [-0.05, 0) is 38.1 Å². The third-order valence-electron chi connectivity index (χ3n) is 5.30. The molecule has 1 aliphatic carbocycles. The highest BCUT2D eigenvalue weighted by atomic mass is 16.2. The van der Waals surface area contributed by atoms with Crippen molar-refractivity contribution in [3.63, 3.8) is 0 Å². The molecule has 2 heterocycles. The summed E-state index contributed by atoms with van der Waals surface area (Å²) in [5.74, 6) is 0.482. The molecular weight excluding hydrogens is 280 g/mol. The highest BCUT2D eigenvalue weighted by Gasteiger charge is 2.33. The molecule has 3 rings (SSSR count). The van der Waals surface area contributed by atoms with E-state index >= 15 is 0 Å². The van der Waals surface area contributed by atoms with E-state index in [0.29, 0.717) is 18.5 Å². The molecule has 6 nitrogen and oxygen atoms in total. The number of hydrogen-bond acceptors (Lipinski definition) is 4. The number of rotatable bonds is 3. The van der Waals surface area contributed by atoms with Crippen molar-refractivity contribution >= 4 is 11.9 Å². The van der Waals surface area contributed by atoms with Crippen molar-refractivity contribution in [3.8, 4) is 0 Å². The van der Waals surface area contributed by atoms with Crippen LogP contribution in [-0.4, -0.2) is 55.1 Å². The number of amides is 3. The molecule has 3 N–H and O–H groups in total. The van der Waals surface area contributed by atoms with Crippen molar-refractivity contribution in [2.45, 2.75) is 57.0 Å². The van der Waals surface area contributed by atoms with Gasteiger partial charge in [0.15, 0.2) is 0 Å². The smallest absolute Gasteiger partial charge is 0.321 e. The summed E-state index contributed by atoms with van der Waals surface area (Å²) in [6, 6.07) is 0.546. The van der Waals surface area contributed by atoms with E-state index in [9.17, 15) is 9.59 Å². The van der Waals surface area contributed by atoms with Crippen LogP contribution in [0.1, 0.15) is 44.9 Å². The minimum atomic E-state index is -0.325. The number of piperidine rings is 1. The molecule has 2 unspecified atom stereocenters. The number of carbonyl (C=O) groups is 2. The van der Waals surface area contributed by atoms with Crippen LogP contribution in [0.5, 0.6) is 0 Å². The number of nitrogens with zero attached hydrogens (tertiary/aromatic N) is 1. The van der Waals surface area contributed by atoms with Gasteiger partial charge in [0, 0.05) is 25.2 Å². The topological polar surface area (TPSA) is 73.5 Å². The monoisotopic (exact) mass is 308 g/mol. The molecule has 3 amide bonds. The van der Waals surface area contributed by atoms with E-state index in [1.807, 2.05) is 0 Å². The van der Waals surface area contributed by atoms with Crippen molar-refractivity contribution in [2.24, 2.45) is 5.92 Å². The lowest BCUT2D eigenvalue weighted by Gasteiger charge is -2.34. The van der Waals surface area contributed by atoms with Crippen LogP contribution in [0.3, 0.4) is 0 Å². The van der Waals surface area contributed by atoms with Gasteiger partial charge < -0.3 is 10.6 Å². The van der Waals surface area contributed by atoms with Gasteiger partial charge >= 0.3 is 6.03 Å². The van der Waals surface area contributed by atoms with Gasteiger partial charge in [0.25, 0.3) is 0 Å². The maximum Gasteiger partial charge on any atom is 0.321 e. The summed E-state index contributed by atoms with van der Waals surface area (Å²) in [6.45, 7) is 3.33. The molecule has 22 heavy (non-hydrogen) atoms. The Morgan fingerprint density at radius 3 is 2.73 bits per heavy atom. The summed E-state index contributed by atoms with van der Waals surface area (Å²) in [4.78, 5) is 26.1. The lowest BCUT2D eigenvalue weighted by Crippen LogP contribution is -2.51. The maximum atomic E-state index is 12.0. The van der Waals surface area contributed by atoms with Crippen LogP contribution in [0.4, 0.5) is 4.79 Å². The fourth-order valence-electron chi connectivity index (χ4n) is 4.10. The van der Waals surface area contributed by atoms with E-state index in [4.69, 9.17) is 0 Å². The molecule has 2 saturated heterocycles. The fourth-order valence-corrected chi connectivity index (χ4v) is 4.10. The number of urea groups is 1. The van der Waals surface area contributed by atoms with Crippen molar-refractivity contribution in [3.05, 3.63) is 0 Å². The zero-order valence-electron chi connectivity index (χ0n) is 13.3. The van der Waals surface area contributed by atoms with Crippen molar-refractivity contribution in [1.29, 1.82) is 0 Å². The number of carbonyl (C=O) groups excluding carboxylic acids is 2. The Kier molecular flexibility index (Phi) is 5.31. The predicted molar refractivity (Wildman–Crippen MR) is 84.5 cm³/mol. The second-order valence-electron chi connectivity index (χ2n) is 6.99. The molecule has 3 aliphatic rings. The van der Waals surface area contributed by atoms with Crippen LogP contribution in [0, 0.1) is 5.92 Å². The third-order valence-corrected chi connectivity index (χ3v) is 5.30. The summed E-state index contributed by atoms with van der Waals surface area (Å²) in [5, 5.41) is 8.93. The Hall–Kier alpha value is -1.14. The van der Waals surface area contributed by atoms with Crippen molar-refractivity contribution in [2.75, 3.05) is 26.2 Å². The molecule has 6 heteroatoms. The van der Waals surface area contributed by atoms with Gasteiger partial charge in [0.05, 0.1) is 6.54 Å². The minimum Gasteiger partial charge on any atom is -0.335 e. The molecule has 0 aromatic rings. The molecule has 0 radical (unpaired) electrons. The lowest BCUT2D eigenvalue weighted by molar-refractivity contribution is -0.121. The van der Waals surface area contributed by atoms with Gasteiger partial charge in [-0.3, -0.25) is 15.0 Å². The predicted octanol–water partition coefficient (Wildman–Crippen LogP) is 0.829. The molecule has 124 valence electrons. The first-order valence-electron chi connectivity index (χ1n) is 8.77. The zero-order chi connectivity index (χ0) is 15.4. The molecular formula is C16H28N4O2. The molecule has 0 aromatic heterocycles. The fraction of sp³-hybridized carbons (Fsp3) is 0.875. The summed E-state index contributed by atoms with van der Waals surface area (Å²) < 4.78 is 0. The van der Waals surface area contributed by atoms with E-state index in [-0.39, 0.29) is 18.0 Å². The number of fused-ring (bicyclic) bond motifs is 1. The molecule has 0 spiro atoms. The average molecular weight is 308 g/mol. The summed E-state index contributed by atoms with van der Waals surface area (Å²) >= 11 is 0. The quantitative estimate of drug-likeness (QED) is 0.722. The first kappa shape index (κ1) is 15.7. The molecule has 3 fully saturated rings. The summed E-state index contributed by atoms with van der Waals surface area (Å²) in [6.07, 6.45) is 7.96. The molecule has 0 bridgehead atoms. The SMILES string of the molecule is O=C(CN1CCC2NCCC2C1)NC(=O)NC1CCCCC1. The van der Waals surface area contributed by atoms with Crippen LogP contribution in [0.25, 0.3) is 0 Å². The van der Waals surface area contributed by atoms with E-state index < -0.39 is 0 Å². The first-order chi connectivity index (χ1) is 10.7. The Bertz CT molecular complexity index is 409. The second-order valence-corrected chi connectivity index (χ2v) is 6.99. The Labute approximate surface area is 132 Å². The minimum absolute atomic E-state index is 0.183. The maximum absolute atomic E-state index is 12.0. The average Bonchev–Trinajstić information content (AvgIpc) is 2.95. The standard InChI is InChI=1S/C16H28N4O2/c21-15(19-16(22)18-13-4-2-1-3-5-13)11-20-9-7-14-12(10-20)6-8-17-14/h12-14,17H,1-11H2,(H2,18,19,21,22). The van der Waals surface area contributed by atoms with Crippen LogP contribution >= 0.6 is 0 Å². The van der Waals surface area contributed by atoms with E-state index in [0.717, 1.165) is 38.9 Å². The third kappa shape index (κ3) is 4.20. The van der Waals surface area contributed by atoms with Crippen LogP contribution in [0.2, 0.25) is 0 Å². The van der Waals surface area contributed by atoms with Gasteiger partial charge in [-0.2, -0.15) is 0 Å². The highest BCUT2D eigenvalue weighted by molar-refractivity contribution is 5.95. The second kappa shape index (κ2) is 7.42. The van der Waals surface area contributed by atoms with Gasteiger partial charge in [-0.25, -0.2) is 4.79 Å². The zero-order valence-corrected chi connectivity index (χ0v) is 13.3. The Morgan fingerprint density at radius 1 is 1.09 bits per heavy atom. The Morgan fingerprint density at radius 2 is 1.91 bits per heavy atom.